The summed E-state index contributed by atoms with van der Waals surface area (Å²) in [6.45, 7) is 0. The van der Waals surface area contributed by atoms with Crippen molar-refractivity contribution < 1.29 is 14.8 Å². The highest BCUT2D eigenvalue weighted by Crippen LogP contribution is 2.25. The zero-order valence-corrected chi connectivity index (χ0v) is 8.06. The van der Waals surface area contributed by atoms with Crippen molar-refractivity contribution in [3.8, 4) is 6.07 Å². The smallest absolute Gasteiger partial charge is 0.342 e. The van der Waals surface area contributed by atoms with E-state index in [9.17, 15) is 14.9 Å². The first kappa shape index (κ1) is 11.0. The lowest BCUT2D eigenvalue weighted by atomic mass is 10.1. The largest absolute Gasteiger partial charge is 0.477 e. The first-order valence-corrected chi connectivity index (χ1v) is 4.07. The van der Waals surface area contributed by atoms with E-state index in [1.165, 1.54) is 0 Å². The summed E-state index contributed by atoms with van der Waals surface area (Å²) in [7, 11) is 0. The minimum Gasteiger partial charge on any atom is -0.477 e. The zero-order chi connectivity index (χ0) is 11.6. The molecule has 0 amide bonds. The summed E-state index contributed by atoms with van der Waals surface area (Å²) in [4.78, 5) is 20.4. The van der Waals surface area contributed by atoms with Gasteiger partial charge in [-0.3, -0.25) is 10.1 Å². The van der Waals surface area contributed by atoms with E-state index in [1.54, 1.807) is 6.07 Å². The molecule has 0 aliphatic carbocycles. The number of carbonyl (C=O) groups is 1. The third kappa shape index (κ3) is 2.05. The molecule has 0 saturated heterocycles. The number of hydrogen-bond acceptors (Lipinski definition) is 5. The van der Waals surface area contributed by atoms with Crippen molar-refractivity contribution in [2.45, 2.75) is 4.90 Å². The van der Waals surface area contributed by atoms with E-state index in [1.807, 2.05) is 0 Å². The molecule has 76 valence electrons. The molecular formula is C8H4N2O4S. The van der Waals surface area contributed by atoms with Crippen LogP contribution in [0.2, 0.25) is 0 Å². The first-order valence-electron chi connectivity index (χ1n) is 3.62. The molecule has 0 atom stereocenters. The average Bonchev–Trinajstić information content (AvgIpc) is 2.16. The highest BCUT2D eigenvalue weighted by Gasteiger charge is 2.21. The van der Waals surface area contributed by atoms with Gasteiger partial charge in [-0.15, -0.1) is 12.6 Å². The number of carboxylic acids is 1. The molecule has 0 unspecified atom stereocenters. The van der Waals surface area contributed by atoms with Crippen molar-refractivity contribution >= 4 is 24.3 Å². The molecule has 0 aliphatic heterocycles. The van der Waals surface area contributed by atoms with E-state index in [0.717, 1.165) is 12.1 Å². The third-order valence-corrected chi connectivity index (χ3v) is 2.03. The molecule has 1 aromatic carbocycles. The minimum atomic E-state index is -1.43. The molecule has 0 saturated carbocycles. The number of nitro benzene ring substituents is 1. The van der Waals surface area contributed by atoms with E-state index in [4.69, 9.17) is 10.4 Å². The van der Waals surface area contributed by atoms with E-state index in [2.05, 4.69) is 12.6 Å². The van der Waals surface area contributed by atoms with Gasteiger partial charge in [0.1, 0.15) is 11.6 Å². The van der Waals surface area contributed by atoms with E-state index < -0.39 is 22.1 Å². The van der Waals surface area contributed by atoms with Crippen LogP contribution in [-0.4, -0.2) is 16.0 Å². The van der Waals surface area contributed by atoms with Crippen LogP contribution in [0, 0.1) is 21.4 Å². The summed E-state index contributed by atoms with van der Waals surface area (Å²) in [5.74, 6) is -1.43. The highest BCUT2D eigenvalue weighted by molar-refractivity contribution is 7.80. The molecule has 15 heavy (non-hydrogen) atoms. The third-order valence-electron chi connectivity index (χ3n) is 1.66. The maximum absolute atomic E-state index is 10.7. The number of nitro groups is 1. The summed E-state index contributed by atoms with van der Waals surface area (Å²) in [5.41, 5.74) is -1.13. The van der Waals surface area contributed by atoms with Crippen LogP contribution in [-0.2, 0) is 0 Å². The molecule has 7 heteroatoms. The molecule has 0 spiro atoms. The molecule has 0 aromatic heterocycles. The van der Waals surface area contributed by atoms with Gasteiger partial charge in [0.15, 0.2) is 0 Å². The lowest BCUT2D eigenvalue weighted by molar-refractivity contribution is -0.385. The van der Waals surface area contributed by atoms with Crippen molar-refractivity contribution in [2.24, 2.45) is 0 Å². The Labute approximate surface area is 89.3 Å². The topological polar surface area (TPSA) is 104 Å². The standard InChI is InChI=1S/C8H4N2O4S/c9-3-4-1-6(10(13)14)5(8(11)12)2-7(4)15/h1-2,15H,(H,11,12). The van der Waals surface area contributed by atoms with Gasteiger partial charge in [0, 0.05) is 11.0 Å². The highest BCUT2D eigenvalue weighted by atomic mass is 32.1. The van der Waals surface area contributed by atoms with Crippen molar-refractivity contribution in [2.75, 3.05) is 0 Å². The number of nitriles is 1. The van der Waals surface area contributed by atoms with Gasteiger partial charge in [-0.25, -0.2) is 4.79 Å². The number of aromatic carboxylic acids is 1. The maximum Gasteiger partial charge on any atom is 0.342 e. The lowest BCUT2D eigenvalue weighted by Crippen LogP contribution is -2.03. The molecule has 0 aliphatic rings. The molecule has 1 N–H and O–H groups in total. The molecule has 0 heterocycles. The number of hydrogen-bond donors (Lipinski definition) is 2. The van der Waals surface area contributed by atoms with Gasteiger partial charge in [0.2, 0.25) is 0 Å². The van der Waals surface area contributed by atoms with Crippen LogP contribution in [0.25, 0.3) is 0 Å². The number of benzene rings is 1. The van der Waals surface area contributed by atoms with Gasteiger partial charge in [0.05, 0.1) is 10.5 Å². The van der Waals surface area contributed by atoms with E-state index >= 15 is 0 Å². The normalized spacial score (nSPS) is 9.33. The van der Waals surface area contributed by atoms with Crippen molar-refractivity contribution in [1.82, 2.24) is 0 Å². The van der Waals surface area contributed by atoms with Crippen LogP contribution in [0.1, 0.15) is 15.9 Å². The Morgan fingerprint density at radius 2 is 2.20 bits per heavy atom. The molecular weight excluding hydrogens is 220 g/mol. The van der Waals surface area contributed by atoms with Gasteiger partial charge in [-0.2, -0.15) is 5.26 Å². The number of thiol groups is 1. The summed E-state index contributed by atoms with van der Waals surface area (Å²) in [5, 5.41) is 27.8. The molecule has 0 fully saturated rings. The quantitative estimate of drug-likeness (QED) is 0.449. The number of nitrogens with zero attached hydrogens (tertiary/aromatic N) is 2. The Morgan fingerprint density at radius 1 is 1.60 bits per heavy atom. The Kier molecular flexibility index (Phi) is 2.92. The van der Waals surface area contributed by atoms with Crippen LogP contribution < -0.4 is 0 Å². The summed E-state index contributed by atoms with van der Waals surface area (Å²) in [6.07, 6.45) is 0. The zero-order valence-electron chi connectivity index (χ0n) is 7.17. The fourth-order valence-corrected chi connectivity index (χ4v) is 1.23. The summed E-state index contributed by atoms with van der Waals surface area (Å²) >= 11 is 3.85. The average molecular weight is 224 g/mol. The van der Waals surface area contributed by atoms with Crippen LogP contribution >= 0.6 is 12.6 Å². The van der Waals surface area contributed by atoms with Gasteiger partial charge in [-0.1, -0.05) is 0 Å². The lowest BCUT2D eigenvalue weighted by Gasteiger charge is -2.00. The Bertz CT molecular complexity index is 492. The summed E-state index contributed by atoms with van der Waals surface area (Å²) < 4.78 is 0. The fourth-order valence-electron chi connectivity index (χ4n) is 0.989. The minimum absolute atomic E-state index is 0.0324. The predicted octanol–water partition coefficient (Wildman–Crippen LogP) is 1.45. The second-order valence-electron chi connectivity index (χ2n) is 2.56. The van der Waals surface area contributed by atoms with Crippen LogP contribution in [0.5, 0.6) is 0 Å². The summed E-state index contributed by atoms with van der Waals surface area (Å²) in [6, 6.07) is 3.57. The fraction of sp³-hybridized carbons (Fsp3) is 0. The van der Waals surface area contributed by atoms with E-state index in [0.29, 0.717) is 0 Å². The molecule has 0 bridgehead atoms. The predicted molar refractivity (Wildman–Crippen MR) is 52.0 cm³/mol. The Morgan fingerprint density at radius 3 is 2.60 bits per heavy atom. The van der Waals surface area contributed by atoms with Crippen molar-refractivity contribution in [1.29, 1.82) is 5.26 Å². The number of rotatable bonds is 2. The van der Waals surface area contributed by atoms with Gasteiger partial charge in [-0.05, 0) is 6.07 Å². The van der Waals surface area contributed by atoms with Crippen LogP contribution in [0.4, 0.5) is 5.69 Å². The molecule has 6 nitrogen and oxygen atoms in total. The SMILES string of the molecule is N#Cc1cc([N+](=O)[O-])c(C(=O)O)cc1S. The van der Waals surface area contributed by atoms with Gasteiger partial charge >= 0.3 is 5.97 Å². The van der Waals surface area contributed by atoms with Crippen molar-refractivity contribution in [3.63, 3.8) is 0 Å². The Hall–Kier alpha value is -2.07. The second-order valence-corrected chi connectivity index (χ2v) is 3.04. The second kappa shape index (κ2) is 3.98. The maximum atomic E-state index is 10.7. The molecule has 1 aromatic rings. The first-order chi connectivity index (χ1) is 6.97. The molecule has 0 radical (unpaired) electrons. The van der Waals surface area contributed by atoms with Gasteiger partial charge < -0.3 is 5.11 Å². The monoisotopic (exact) mass is 224 g/mol. The van der Waals surface area contributed by atoms with Crippen LogP contribution in [0.3, 0.4) is 0 Å². The van der Waals surface area contributed by atoms with Crippen LogP contribution in [0.15, 0.2) is 17.0 Å². The molecule has 1 rings (SSSR count). The number of carboxylic acid groups (broad SMARTS) is 1. The Balaban J connectivity index is 3.54. The van der Waals surface area contributed by atoms with Gasteiger partial charge in [0.25, 0.3) is 5.69 Å². The van der Waals surface area contributed by atoms with Crippen molar-refractivity contribution in [3.05, 3.63) is 33.4 Å². The van der Waals surface area contributed by atoms with E-state index in [-0.39, 0.29) is 10.5 Å².